The first-order valence-corrected chi connectivity index (χ1v) is 4.75. The van der Waals surface area contributed by atoms with Gasteiger partial charge in [-0.15, -0.1) is 0 Å². The largest absolute Gasteiger partial charge is 0.346 e. The Hall–Kier alpha value is 0.190. The normalized spacial score (nSPS) is 20.9. The predicted octanol–water partition coefficient (Wildman–Crippen LogP) is 1.89. The minimum absolute atomic E-state index is 0.0139. The summed E-state index contributed by atoms with van der Waals surface area (Å²) in [6.07, 6.45) is 0.984. The summed E-state index contributed by atoms with van der Waals surface area (Å²) in [6.45, 7) is 5.87. The number of hydrogen-bond donors (Lipinski definition) is 1. The Morgan fingerprint density at radius 2 is 2.00 bits per heavy atom. The zero-order valence-corrected chi connectivity index (χ0v) is 7.22. The maximum absolute atomic E-state index is 10.5. The average Bonchev–Trinajstić information content (AvgIpc) is 1.84. The molecule has 1 N–H and O–H groups in total. The molecule has 0 heterocycles. The fraction of sp³-hybridized carbons (Fsp3) is 1.00. The summed E-state index contributed by atoms with van der Waals surface area (Å²) >= 11 is 0. The topological polar surface area (TPSA) is 37.3 Å². The molecule has 0 aliphatic heterocycles. The summed E-state index contributed by atoms with van der Waals surface area (Å²) in [5.41, 5.74) is -0.0139. The Kier molecular flexibility index (Phi) is 4.16. The molecule has 0 rings (SSSR count). The van der Waals surface area contributed by atoms with Crippen LogP contribution >= 0.6 is 8.03 Å². The molecule has 3 heteroatoms. The fourth-order valence-corrected chi connectivity index (χ4v) is 1.32. The van der Waals surface area contributed by atoms with E-state index in [9.17, 15) is 4.57 Å². The molecule has 2 nitrogen and oxygen atoms in total. The molecule has 0 spiro atoms. The highest BCUT2D eigenvalue weighted by molar-refractivity contribution is 7.38. The van der Waals surface area contributed by atoms with Crippen LogP contribution in [0.3, 0.4) is 0 Å². The van der Waals surface area contributed by atoms with Gasteiger partial charge in [0.25, 0.3) is 0 Å². The first-order valence-electron chi connectivity index (χ1n) is 3.32. The van der Waals surface area contributed by atoms with E-state index in [0.29, 0.717) is 5.92 Å². The molecule has 0 radical (unpaired) electrons. The first-order chi connectivity index (χ1) is 4.09. The smallest absolute Gasteiger partial charge is 0.192 e. The second-order valence-corrected chi connectivity index (χ2v) is 4.10. The van der Waals surface area contributed by atoms with Crippen molar-refractivity contribution in [3.63, 3.8) is 0 Å². The third kappa shape index (κ3) is 3.02. The van der Waals surface area contributed by atoms with E-state index in [0.717, 1.165) is 6.42 Å². The molecule has 0 aromatic heterocycles. The van der Waals surface area contributed by atoms with Crippen LogP contribution in [0.1, 0.15) is 27.2 Å². The monoisotopic (exact) mass is 150 g/mol. The second kappa shape index (κ2) is 4.08. The molecule has 0 fully saturated rings. The molecule has 56 valence electrons. The number of hydrogen-bond acceptors (Lipinski definition) is 1. The van der Waals surface area contributed by atoms with E-state index in [1.54, 1.807) is 0 Å². The molecule has 0 aliphatic carbocycles. The summed E-state index contributed by atoms with van der Waals surface area (Å²) in [6, 6.07) is 0. The van der Waals surface area contributed by atoms with Crippen molar-refractivity contribution in [2.45, 2.75) is 32.9 Å². The third-order valence-electron chi connectivity index (χ3n) is 1.89. The highest BCUT2D eigenvalue weighted by atomic mass is 31.1. The Morgan fingerprint density at radius 3 is 2.11 bits per heavy atom. The molecule has 0 bridgehead atoms. The van der Waals surface area contributed by atoms with Gasteiger partial charge in [0.15, 0.2) is 8.03 Å². The predicted molar refractivity (Wildman–Crippen MR) is 40.1 cm³/mol. The molecule has 0 aromatic rings. The second-order valence-electron chi connectivity index (χ2n) is 2.51. The van der Waals surface area contributed by atoms with Gasteiger partial charge in [-0.05, 0) is 5.92 Å². The zero-order chi connectivity index (χ0) is 7.44. The van der Waals surface area contributed by atoms with Crippen molar-refractivity contribution in [3.8, 4) is 0 Å². The van der Waals surface area contributed by atoms with Crippen LogP contribution in [0.15, 0.2) is 0 Å². The first kappa shape index (κ1) is 9.19. The maximum atomic E-state index is 10.5. The molecule has 0 saturated heterocycles. The molecule has 0 aromatic carbocycles. The lowest BCUT2D eigenvalue weighted by Gasteiger charge is -2.13. The van der Waals surface area contributed by atoms with Gasteiger partial charge in [-0.2, -0.15) is 0 Å². The van der Waals surface area contributed by atoms with Crippen LogP contribution in [-0.2, 0) is 4.57 Å². The molecule has 3 atom stereocenters. The molecule has 9 heavy (non-hydrogen) atoms. The average molecular weight is 150 g/mol. The number of rotatable bonds is 3. The summed E-state index contributed by atoms with van der Waals surface area (Å²) in [5.74, 6) is 0.376. The van der Waals surface area contributed by atoms with Crippen LogP contribution in [0.2, 0.25) is 0 Å². The Balaban J connectivity index is 3.72. The minimum atomic E-state index is -2.27. The van der Waals surface area contributed by atoms with Crippen molar-refractivity contribution in [1.82, 2.24) is 0 Å². The van der Waals surface area contributed by atoms with Gasteiger partial charge in [0.1, 0.15) is 0 Å². The molecular weight excluding hydrogens is 135 g/mol. The van der Waals surface area contributed by atoms with Gasteiger partial charge in [-0.3, -0.25) is 4.57 Å². The quantitative estimate of drug-likeness (QED) is 0.624. The van der Waals surface area contributed by atoms with Gasteiger partial charge >= 0.3 is 0 Å². The van der Waals surface area contributed by atoms with Crippen molar-refractivity contribution < 1.29 is 9.46 Å². The standard InChI is InChI=1S/C6H15O2P/c1-4-5(2)6(3)9(7)8/h5-6,9H,4H2,1-3H3,(H,7,8). The summed E-state index contributed by atoms with van der Waals surface area (Å²) in [5, 5.41) is 0. The molecule has 0 aliphatic rings. The summed E-state index contributed by atoms with van der Waals surface area (Å²) < 4.78 is 10.5. The lowest BCUT2D eigenvalue weighted by molar-refractivity contribution is 0.454. The van der Waals surface area contributed by atoms with Gasteiger partial charge in [0.2, 0.25) is 0 Å². The van der Waals surface area contributed by atoms with E-state index < -0.39 is 8.03 Å². The third-order valence-corrected chi connectivity index (χ3v) is 3.24. The van der Waals surface area contributed by atoms with Crippen LogP contribution < -0.4 is 0 Å². The van der Waals surface area contributed by atoms with Crippen LogP contribution in [-0.4, -0.2) is 10.6 Å². The molecular formula is C6H15O2P. The summed E-state index contributed by atoms with van der Waals surface area (Å²) in [4.78, 5) is 8.67. The Morgan fingerprint density at radius 1 is 1.56 bits per heavy atom. The summed E-state index contributed by atoms with van der Waals surface area (Å²) in [7, 11) is -2.27. The van der Waals surface area contributed by atoms with Crippen molar-refractivity contribution in [3.05, 3.63) is 0 Å². The van der Waals surface area contributed by atoms with Crippen LogP contribution in [0.4, 0.5) is 0 Å². The van der Waals surface area contributed by atoms with Gasteiger partial charge in [-0.1, -0.05) is 27.2 Å². The Bertz CT molecular complexity index is 103. The highest BCUT2D eigenvalue weighted by Crippen LogP contribution is 2.29. The van der Waals surface area contributed by atoms with E-state index >= 15 is 0 Å². The van der Waals surface area contributed by atoms with Crippen molar-refractivity contribution in [1.29, 1.82) is 0 Å². The Labute approximate surface area is 57.1 Å². The maximum Gasteiger partial charge on any atom is 0.192 e. The highest BCUT2D eigenvalue weighted by Gasteiger charge is 2.13. The van der Waals surface area contributed by atoms with Crippen LogP contribution in [0.25, 0.3) is 0 Å². The van der Waals surface area contributed by atoms with E-state index in [1.165, 1.54) is 0 Å². The molecule has 0 saturated carbocycles. The van der Waals surface area contributed by atoms with Crippen molar-refractivity contribution >= 4 is 8.03 Å². The van der Waals surface area contributed by atoms with E-state index in [-0.39, 0.29) is 5.66 Å². The lowest BCUT2D eigenvalue weighted by Crippen LogP contribution is -2.07. The molecule has 0 amide bonds. The van der Waals surface area contributed by atoms with E-state index in [1.807, 2.05) is 20.8 Å². The zero-order valence-electron chi connectivity index (χ0n) is 6.22. The van der Waals surface area contributed by atoms with Crippen molar-refractivity contribution in [2.24, 2.45) is 5.92 Å². The van der Waals surface area contributed by atoms with E-state index in [4.69, 9.17) is 4.89 Å². The lowest BCUT2D eigenvalue weighted by atomic mass is 10.1. The minimum Gasteiger partial charge on any atom is -0.346 e. The SMILES string of the molecule is CCC(C)C(C)[PH](=O)O. The fourth-order valence-electron chi connectivity index (χ4n) is 0.597. The van der Waals surface area contributed by atoms with Gasteiger partial charge in [0.05, 0.1) is 0 Å². The van der Waals surface area contributed by atoms with Crippen LogP contribution in [0, 0.1) is 5.92 Å². The van der Waals surface area contributed by atoms with Gasteiger partial charge < -0.3 is 4.89 Å². The van der Waals surface area contributed by atoms with Crippen molar-refractivity contribution in [2.75, 3.05) is 0 Å². The van der Waals surface area contributed by atoms with E-state index in [2.05, 4.69) is 0 Å². The van der Waals surface area contributed by atoms with Gasteiger partial charge in [0, 0.05) is 5.66 Å². The molecule has 3 unspecified atom stereocenters. The van der Waals surface area contributed by atoms with Gasteiger partial charge in [-0.25, -0.2) is 0 Å². The van der Waals surface area contributed by atoms with Crippen LogP contribution in [0.5, 0.6) is 0 Å².